The zero-order valence-electron chi connectivity index (χ0n) is 12.4. The predicted octanol–water partition coefficient (Wildman–Crippen LogP) is 4.71. The van der Waals surface area contributed by atoms with Crippen molar-refractivity contribution in [3.05, 3.63) is 59.4 Å². The van der Waals surface area contributed by atoms with Crippen molar-refractivity contribution in [2.24, 2.45) is 0 Å². The van der Waals surface area contributed by atoms with Crippen molar-refractivity contribution in [3.63, 3.8) is 0 Å². The Hall–Kier alpha value is -2.03. The van der Waals surface area contributed by atoms with Gasteiger partial charge in [0.1, 0.15) is 11.6 Å². The summed E-state index contributed by atoms with van der Waals surface area (Å²) in [7, 11) is 0. The molecule has 0 saturated heterocycles. The topological polar surface area (TPSA) is 21.3 Å². The van der Waals surface area contributed by atoms with Crippen LogP contribution in [-0.4, -0.2) is 6.10 Å². The number of hydrogen-bond acceptors (Lipinski definition) is 2. The lowest BCUT2D eigenvalue weighted by atomic mass is 10.1. The summed E-state index contributed by atoms with van der Waals surface area (Å²) in [6.07, 6.45) is 1.91. The highest BCUT2D eigenvalue weighted by molar-refractivity contribution is 5.50. The fourth-order valence-electron chi connectivity index (χ4n) is 2.86. The minimum atomic E-state index is -0.0857. The summed E-state index contributed by atoms with van der Waals surface area (Å²) < 4.78 is 19.4. The summed E-state index contributed by atoms with van der Waals surface area (Å²) in [6.45, 7) is 4.02. The molecule has 2 aromatic carbocycles. The molecule has 2 nitrogen and oxygen atoms in total. The van der Waals surface area contributed by atoms with E-state index < -0.39 is 0 Å². The van der Waals surface area contributed by atoms with E-state index in [0.29, 0.717) is 0 Å². The third-order valence-corrected chi connectivity index (χ3v) is 3.78. The van der Waals surface area contributed by atoms with Crippen LogP contribution in [0.4, 0.5) is 10.1 Å². The highest BCUT2D eigenvalue weighted by Crippen LogP contribution is 2.35. The van der Waals surface area contributed by atoms with Crippen LogP contribution >= 0.6 is 0 Å². The summed E-state index contributed by atoms with van der Waals surface area (Å²) in [5.74, 6) is 0.783. The molecule has 1 aliphatic rings. The zero-order chi connectivity index (χ0) is 14.8. The molecule has 0 amide bonds. The van der Waals surface area contributed by atoms with Gasteiger partial charge in [0.15, 0.2) is 0 Å². The highest BCUT2D eigenvalue weighted by atomic mass is 19.1. The second kappa shape index (κ2) is 5.76. The van der Waals surface area contributed by atoms with Crippen LogP contribution in [0.15, 0.2) is 42.5 Å². The molecule has 0 bridgehead atoms. The van der Waals surface area contributed by atoms with E-state index in [2.05, 4.69) is 5.32 Å². The van der Waals surface area contributed by atoms with Crippen LogP contribution in [0, 0.1) is 5.82 Å². The minimum Gasteiger partial charge on any atom is -0.491 e. The maximum absolute atomic E-state index is 13.7. The third kappa shape index (κ3) is 3.02. The molecular weight excluding hydrogens is 265 g/mol. The quantitative estimate of drug-likeness (QED) is 0.878. The van der Waals surface area contributed by atoms with Crippen molar-refractivity contribution in [3.8, 4) is 5.75 Å². The summed E-state index contributed by atoms with van der Waals surface area (Å²) >= 11 is 0. The Labute approximate surface area is 125 Å². The third-order valence-electron chi connectivity index (χ3n) is 3.78. The smallest absolute Gasteiger partial charge is 0.126 e. The van der Waals surface area contributed by atoms with E-state index in [4.69, 9.17) is 4.74 Å². The van der Waals surface area contributed by atoms with Crippen molar-refractivity contribution in [2.45, 2.75) is 38.8 Å². The van der Waals surface area contributed by atoms with Crippen LogP contribution < -0.4 is 10.1 Å². The van der Waals surface area contributed by atoms with Crippen LogP contribution in [0.2, 0.25) is 0 Å². The lowest BCUT2D eigenvalue weighted by Crippen LogP contribution is -2.08. The van der Waals surface area contributed by atoms with Crippen molar-refractivity contribution >= 4 is 5.69 Å². The number of nitrogens with one attached hydrogen (secondary N) is 1. The van der Waals surface area contributed by atoms with Gasteiger partial charge in [-0.2, -0.15) is 0 Å². The summed E-state index contributed by atoms with van der Waals surface area (Å²) in [6, 6.07) is 13.5. The second-order valence-corrected chi connectivity index (χ2v) is 5.73. The van der Waals surface area contributed by atoms with Crippen LogP contribution in [0.25, 0.3) is 0 Å². The first-order valence-corrected chi connectivity index (χ1v) is 7.44. The molecule has 3 rings (SSSR count). The van der Waals surface area contributed by atoms with E-state index in [-0.39, 0.29) is 18.0 Å². The van der Waals surface area contributed by atoms with E-state index >= 15 is 0 Å². The average Bonchev–Trinajstić information content (AvgIpc) is 2.85. The average molecular weight is 285 g/mol. The van der Waals surface area contributed by atoms with E-state index in [9.17, 15) is 4.39 Å². The fraction of sp³-hybridized carbons (Fsp3) is 0.333. The number of rotatable bonds is 4. The number of hydrogen-bond donors (Lipinski definition) is 1. The SMILES string of the molecule is CC(C)Oc1ccc(NC2CCc3c(F)cccc32)cc1. The monoisotopic (exact) mass is 285 g/mol. The second-order valence-electron chi connectivity index (χ2n) is 5.73. The van der Waals surface area contributed by atoms with Gasteiger partial charge in [0.25, 0.3) is 0 Å². The van der Waals surface area contributed by atoms with Crippen LogP contribution in [0.3, 0.4) is 0 Å². The molecule has 110 valence electrons. The molecule has 0 saturated carbocycles. The molecule has 1 aliphatic carbocycles. The van der Waals surface area contributed by atoms with Crippen molar-refractivity contribution in [1.29, 1.82) is 0 Å². The molecule has 1 unspecified atom stereocenters. The molecule has 0 spiro atoms. The first kappa shape index (κ1) is 13.9. The Morgan fingerprint density at radius 2 is 1.90 bits per heavy atom. The van der Waals surface area contributed by atoms with Gasteiger partial charge in [-0.3, -0.25) is 0 Å². The van der Waals surface area contributed by atoms with Crippen LogP contribution in [0.5, 0.6) is 5.75 Å². The largest absolute Gasteiger partial charge is 0.491 e. The molecular formula is C18H20FNO. The molecule has 1 atom stereocenters. The molecule has 21 heavy (non-hydrogen) atoms. The minimum absolute atomic E-state index is 0.0857. The number of ether oxygens (including phenoxy) is 1. The standard InChI is InChI=1S/C18H20FNO/c1-12(2)21-14-8-6-13(7-9-14)20-18-11-10-15-16(18)4-3-5-17(15)19/h3-9,12,18,20H,10-11H2,1-2H3. The molecule has 1 N–H and O–H groups in total. The van der Waals surface area contributed by atoms with E-state index in [1.165, 1.54) is 0 Å². The number of benzene rings is 2. The maximum atomic E-state index is 13.7. The van der Waals surface area contributed by atoms with Crippen LogP contribution in [-0.2, 0) is 6.42 Å². The Morgan fingerprint density at radius 3 is 2.62 bits per heavy atom. The van der Waals surface area contributed by atoms with Gasteiger partial charge in [-0.25, -0.2) is 4.39 Å². The van der Waals surface area contributed by atoms with Gasteiger partial charge in [-0.15, -0.1) is 0 Å². The first-order valence-electron chi connectivity index (χ1n) is 7.44. The summed E-state index contributed by atoms with van der Waals surface area (Å²) in [4.78, 5) is 0. The number of fused-ring (bicyclic) bond motifs is 1. The lowest BCUT2D eigenvalue weighted by molar-refractivity contribution is 0.242. The van der Waals surface area contributed by atoms with Gasteiger partial charge < -0.3 is 10.1 Å². The number of halogens is 1. The molecule has 0 fully saturated rings. The summed E-state index contributed by atoms with van der Waals surface area (Å²) in [5, 5.41) is 3.48. The Morgan fingerprint density at radius 1 is 1.14 bits per heavy atom. The van der Waals surface area contributed by atoms with Gasteiger partial charge in [-0.1, -0.05) is 12.1 Å². The van der Waals surface area contributed by atoms with Crippen molar-refractivity contribution in [1.82, 2.24) is 0 Å². The molecule has 0 aromatic heterocycles. The Bertz CT molecular complexity index is 622. The normalized spacial score (nSPS) is 16.9. The molecule has 0 radical (unpaired) electrons. The Balaban J connectivity index is 1.73. The Kier molecular flexibility index (Phi) is 3.82. The van der Waals surface area contributed by atoms with Gasteiger partial charge in [0.2, 0.25) is 0 Å². The molecule has 3 heteroatoms. The maximum Gasteiger partial charge on any atom is 0.126 e. The molecule has 0 heterocycles. The first-order chi connectivity index (χ1) is 10.1. The lowest BCUT2D eigenvalue weighted by Gasteiger charge is -2.16. The van der Waals surface area contributed by atoms with Gasteiger partial charge in [0.05, 0.1) is 12.1 Å². The number of anilines is 1. The van der Waals surface area contributed by atoms with Gasteiger partial charge in [0, 0.05) is 5.69 Å². The fourth-order valence-corrected chi connectivity index (χ4v) is 2.86. The predicted molar refractivity (Wildman–Crippen MR) is 83.3 cm³/mol. The summed E-state index contributed by atoms with van der Waals surface area (Å²) in [5.41, 5.74) is 2.97. The molecule has 0 aliphatic heterocycles. The van der Waals surface area contributed by atoms with Crippen molar-refractivity contribution in [2.75, 3.05) is 5.32 Å². The highest BCUT2D eigenvalue weighted by Gasteiger charge is 2.24. The van der Waals surface area contributed by atoms with E-state index in [1.54, 1.807) is 12.1 Å². The van der Waals surface area contributed by atoms with Gasteiger partial charge in [-0.05, 0) is 68.1 Å². The van der Waals surface area contributed by atoms with Crippen molar-refractivity contribution < 1.29 is 9.13 Å². The zero-order valence-corrected chi connectivity index (χ0v) is 12.4. The van der Waals surface area contributed by atoms with E-state index in [1.807, 2.05) is 44.2 Å². The van der Waals surface area contributed by atoms with Gasteiger partial charge >= 0.3 is 0 Å². The van der Waals surface area contributed by atoms with E-state index in [0.717, 1.165) is 35.4 Å². The van der Waals surface area contributed by atoms with Crippen LogP contribution in [0.1, 0.15) is 37.4 Å². The molecule has 2 aromatic rings.